The summed E-state index contributed by atoms with van der Waals surface area (Å²) in [7, 11) is -3.37. The van der Waals surface area contributed by atoms with Crippen LogP contribution in [0.25, 0.3) is 0 Å². The summed E-state index contributed by atoms with van der Waals surface area (Å²) in [5.41, 5.74) is 5.49. The first-order valence-corrected chi connectivity index (χ1v) is 7.43. The molecule has 0 aromatic carbocycles. The smallest absolute Gasteiger partial charge is 0.279 e. The van der Waals surface area contributed by atoms with E-state index in [0.717, 1.165) is 12.8 Å². The Morgan fingerprint density at radius 3 is 2.00 bits per heavy atom. The minimum absolute atomic E-state index is 0.166. The molecule has 5 nitrogen and oxygen atoms in total. The molecule has 0 saturated carbocycles. The van der Waals surface area contributed by atoms with Crippen molar-refractivity contribution in [2.24, 2.45) is 5.73 Å². The first kappa shape index (κ1) is 15.8. The van der Waals surface area contributed by atoms with E-state index in [1.165, 1.54) is 4.31 Å². The molecule has 98 valence electrons. The minimum atomic E-state index is -3.37. The summed E-state index contributed by atoms with van der Waals surface area (Å²) < 4.78 is 28.1. The van der Waals surface area contributed by atoms with Gasteiger partial charge in [-0.1, -0.05) is 20.8 Å². The van der Waals surface area contributed by atoms with E-state index in [4.69, 9.17) is 5.73 Å². The lowest BCUT2D eigenvalue weighted by Gasteiger charge is -2.24. The molecule has 0 aliphatic carbocycles. The lowest BCUT2D eigenvalue weighted by atomic mass is 10.2. The van der Waals surface area contributed by atoms with Crippen molar-refractivity contribution >= 4 is 10.2 Å². The van der Waals surface area contributed by atoms with Crippen molar-refractivity contribution in [3.8, 4) is 0 Å². The number of nitrogens with two attached hydrogens (primary N) is 1. The SMILES string of the molecule is CCCN(CCC)S(=O)(=O)NC(CC)CN. The highest BCUT2D eigenvalue weighted by Crippen LogP contribution is 2.03. The third-order valence-corrected chi connectivity index (χ3v) is 4.06. The molecular formula is C10H25N3O2S. The van der Waals surface area contributed by atoms with E-state index in [9.17, 15) is 8.42 Å². The largest absolute Gasteiger partial charge is 0.329 e. The average molecular weight is 251 g/mol. The molecule has 0 rings (SSSR count). The topological polar surface area (TPSA) is 75.4 Å². The van der Waals surface area contributed by atoms with Gasteiger partial charge in [-0.2, -0.15) is 17.4 Å². The summed E-state index contributed by atoms with van der Waals surface area (Å²) in [6, 6.07) is -0.166. The van der Waals surface area contributed by atoms with Crippen molar-refractivity contribution in [3.63, 3.8) is 0 Å². The van der Waals surface area contributed by atoms with E-state index in [1.54, 1.807) is 0 Å². The van der Waals surface area contributed by atoms with E-state index in [0.29, 0.717) is 26.1 Å². The zero-order chi connectivity index (χ0) is 12.6. The second-order valence-corrected chi connectivity index (χ2v) is 5.57. The van der Waals surface area contributed by atoms with Crippen molar-refractivity contribution in [1.82, 2.24) is 9.03 Å². The zero-order valence-electron chi connectivity index (χ0n) is 10.6. The molecule has 0 aliphatic rings. The molecule has 0 amide bonds. The van der Waals surface area contributed by atoms with Gasteiger partial charge >= 0.3 is 0 Å². The molecule has 0 aromatic heterocycles. The fraction of sp³-hybridized carbons (Fsp3) is 1.00. The first-order chi connectivity index (χ1) is 7.51. The van der Waals surface area contributed by atoms with Gasteiger partial charge < -0.3 is 5.73 Å². The molecule has 0 spiro atoms. The van der Waals surface area contributed by atoms with Gasteiger partial charge in [-0.05, 0) is 19.3 Å². The number of hydrogen-bond donors (Lipinski definition) is 2. The maximum Gasteiger partial charge on any atom is 0.279 e. The Morgan fingerprint density at radius 1 is 1.19 bits per heavy atom. The maximum absolute atomic E-state index is 12.0. The van der Waals surface area contributed by atoms with E-state index < -0.39 is 10.2 Å². The van der Waals surface area contributed by atoms with Crippen LogP contribution < -0.4 is 10.5 Å². The van der Waals surface area contributed by atoms with Gasteiger partial charge in [0, 0.05) is 25.7 Å². The summed E-state index contributed by atoms with van der Waals surface area (Å²) in [4.78, 5) is 0. The second-order valence-electron chi connectivity index (χ2n) is 3.86. The van der Waals surface area contributed by atoms with Gasteiger partial charge in [0.05, 0.1) is 0 Å². The molecule has 0 aromatic rings. The lowest BCUT2D eigenvalue weighted by Crippen LogP contribution is -2.48. The molecule has 6 heteroatoms. The number of nitrogens with one attached hydrogen (secondary N) is 1. The van der Waals surface area contributed by atoms with Gasteiger partial charge in [0.1, 0.15) is 0 Å². The Hall–Kier alpha value is -0.170. The normalized spacial score (nSPS) is 14.3. The third-order valence-electron chi connectivity index (χ3n) is 2.38. The molecule has 1 unspecified atom stereocenters. The number of rotatable bonds is 9. The quantitative estimate of drug-likeness (QED) is 0.633. The van der Waals surface area contributed by atoms with Crippen LogP contribution in [0.3, 0.4) is 0 Å². The third kappa shape index (κ3) is 5.25. The van der Waals surface area contributed by atoms with E-state index >= 15 is 0 Å². The summed E-state index contributed by atoms with van der Waals surface area (Å²) in [5.74, 6) is 0. The molecule has 16 heavy (non-hydrogen) atoms. The fourth-order valence-corrected chi connectivity index (χ4v) is 3.11. The summed E-state index contributed by atoms with van der Waals surface area (Å²) in [5, 5.41) is 0. The van der Waals surface area contributed by atoms with Gasteiger partial charge in [0.25, 0.3) is 10.2 Å². The number of nitrogens with zero attached hydrogens (tertiary/aromatic N) is 1. The number of hydrogen-bond acceptors (Lipinski definition) is 3. The summed E-state index contributed by atoms with van der Waals surface area (Å²) in [6.45, 7) is 7.32. The van der Waals surface area contributed by atoms with Gasteiger partial charge in [-0.15, -0.1) is 0 Å². The van der Waals surface area contributed by atoms with E-state index in [2.05, 4.69) is 4.72 Å². The van der Waals surface area contributed by atoms with Crippen LogP contribution in [0, 0.1) is 0 Å². The van der Waals surface area contributed by atoms with Gasteiger partial charge in [-0.25, -0.2) is 0 Å². The van der Waals surface area contributed by atoms with Crippen LogP contribution in [0.2, 0.25) is 0 Å². The molecule has 0 heterocycles. The highest BCUT2D eigenvalue weighted by Gasteiger charge is 2.22. The van der Waals surface area contributed by atoms with Crippen LogP contribution in [0.1, 0.15) is 40.0 Å². The molecule has 0 saturated heterocycles. The predicted octanol–water partition coefficient (Wildman–Crippen LogP) is 0.680. The van der Waals surface area contributed by atoms with Crippen molar-refractivity contribution in [1.29, 1.82) is 0 Å². The molecular weight excluding hydrogens is 226 g/mol. The molecule has 3 N–H and O–H groups in total. The molecule has 1 atom stereocenters. The van der Waals surface area contributed by atoms with Crippen LogP contribution in [-0.2, 0) is 10.2 Å². The zero-order valence-corrected chi connectivity index (χ0v) is 11.4. The Kier molecular flexibility index (Phi) is 7.91. The predicted molar refractivity (Wildman–Crippen MR) is 67.3 cm³/mol. The average Bonchev–Trinajstić information content (AvgIpc) is 2.25. The summed E-state index contributed by atoms with van der Waals surface area (Å²) in [6.07, 6.45) is 2.35. The Balaban J connectivity index is 4.57. The summed E-state index contributed by atoms with van der Waals surface area (Å²) >= 11 is 0. The lowest BCUT2D eigenvalue weighted by molar-refractivity contribution is 0.394. The minimum Gasteiger partial charge on any atom is -0.329 e. The molecule has 0 bridgehead atoms. The van der Waals surface area contributed by atoms with E-state index in [1.807, 2.05) is 20.8 Å². The Bertz CT molecular complexity index is 257. The molecule has 0 aliphatic heterocycles. The van der Waals surface area contributed by atoms with E-state index in [-0.39, 0.29) is 6.04 Å². The van der Waals surface area contributed by atoms with Crippen molar-refractivity contribution in [3.05, 3.63) is 0 Å². The van der Waals surface area contributed by atoms with Crippen molar-refractivity contribution < 1.29 is 8.42 Å². The first-order valence-electron chi connectivity index (χ1n) is 5.99. The van der Waals surface area contributed by atoms with Gasteiger partial charge in [-0.3, -0.25) is 0 Å². The standard InChI is InChI=1S/C10H25N3O2S/c1-4-7-13(8-5-2)16(14,15)12-10(6-3)9-11/h10,12H,4-9,11H2,1-3H3. The fourth-order valence-electron chi connectivity index (χ4n) is 1.43. The van der Waals surface area contributed by atoms with Crippen LogP contribution in [0.4, 0.5) is 0 Å². The monoisotopic (exact) mass is 251 g/mol. The van der Waals surface area contributed by atoms with Crippen LogP contribution in [0.15, 0.2) is 0 Å². The Morgan fingerprint density at radius 2 is 1.69 bits per heavy atom. The van der Waals surface area contributed by atoms with Crippen LogP contribution in [0.5, 0.6) is 0 Å². The van der Waals surface area contributed by atoms with Crippen molar-refractivity contribution in [2.45, 2.75) is 46.1 Å². The highest BCUT2D eigenvalue weighted by molar-refractivity contribution is 7.87. The van der Waals surface area contributed by atoms with Crippen LogP contribution in [-0.4, -0.2) is 38.4 Å². The Labute approximate surface area is 99.6 Å². The molecule has 0 fully saturated rings. The van der Waals surface area contributed by atoms with Crippen molar-refractivity contribution in [2.75, 3.05) is 19.6 Å². The second kappa shape index (κ2) is 8.00. The van der Waals surface area contributed by atoms with Gasteiger partial charge in [0.15, 0.2) is 0 Å². The molecule has 0 radical (unpaired) electrons. The highest BCUT2D eigenvalue weighted by atomic mass is 32.2. The maximum atomic E-state index is 12.0. The van der Waals surface area contributed by atoms with Crippen LogP contribution >= 0.6 is 0 Å². The van der Waals surface area contributed by atoms with Gasteiger partial charge in [0.2, 0.25) is 0 Å².